The highest BCUT2D eigenvalue weighted by Crippen LogP contribution is 2.23. The Labute approximate surface area is 117 Å². The standard InChI is InChI=1S/C14H19NO3S/c1-9-6-7-10(19-5)8-11(9)12(16)15(4)14(2,3)13(17)18/h6-8H,1-5H3,(H,17,18). The molecule has 104 valence electrons. The third kappa shape index (κ3) is 3.10. The molecule has 0 radical (unpaired) electrons. The van der Waals surface area contributed by atoms with Gasteiger partial charge in [-0.15, -0.1) is 11.8 Å². The monoisotopic (exact) mass is 281 g/mol. The van der Waals surface area contributed by atoms with Crippen LogP contribution in [0.25, 0.3) is 0 Å². The molecule has 1 N–H and O–H groups in total. The van der Waals surface area contributed by atoms with Gasteiger partial charge >= 0.3 is 5.97 Å². The van der Waals surface area contributed by atoms with Crippen LogP contribution in [-0.4, -0.2) is 40.7 Å². The van der Waals surface area contributed by atoms with E-state index in [4.69, 9.17) is 0 Å². The van der Waals surface area contributed by atoms with Gasteiger partial charge in [0, 0.05) is 17.5 Å². The van der Waals surface area contributed by atoms with Crippen molar-refractivity contribution in [2.75, 3.05) is 13.3 Å². The van der Waals surface area contributed by atoms with E-state index in [9.17, 15) is 14.7 Å². The fourth-order valence-corrected chi connectivity index (χ4v) is 1.98. The molecule has 19 heavy (non-hydrogen) atoms. The molecule has 0 spiro atoms. The lowest BCUT2D eigenvalue weighted by Gasteiger charge is -2.32. The summed E-state index contributed by atoms with van der Waals surface area (Å²) in [5, 5.41) is 9.18. The van der Waals surface area contributed by atoms with Gasteiger partial charge in [-0.25, -0.2) is 4.79 Å². The zero-order chi connectivity index (χ0) is 14.8. The van der Waals surface area contributed by atoms with Crippen molar-refractivity contribution in [1.82, 2.24) is 4.90 Å². The van der Waals surface area contributed by atoms with E-state index in [1.165, 1.54) is 25.8 Å². The third-order valence-electron chi connectivity index (χ3n) is 3.34. The molecule has 1 rings (SSSR count). The molecule has 0 bridgehead atoms. The number of carboxylic acid groups (broad SMARTS) is 1. The molecule has 0 atom stereocenters. The number of hydrogen-bond donors (Lipinski definition) is 1. The molecule has 1 aromatic rings. The summed E-state index contributed by atoms with van der Waals surface area (Å²) in [6, 6.07) is 5.62. The van der Waals surface area contributed by atoms with Crippen molar-refractivity contribution < 1.29 is 14.7 Å². The number of thioether (sulfide) groups is 1. The summed E-state index contributed by atoms with van der Waals surface area (Å²) in [4.78, 5) is 25.9. The number of likely N-dealkylation sites (N-methyl/N-ethyl adjacent to an activating group) is 1. The molecule has 0 aliphatic rings. The molecule has 0 aromatic heterocycles. The Balaban J connectivity index is 3.17. The highest BCUT2D eigenvalue weighted by atomic mass is 32.2. The van der Waals surface area contributed by atoms with Crippen molar-refractivity contribution in [3.05, 3.63) is 29.3 Å². The van der Waals surface area contributed by atoms with E-state index in [0.29, 0.717) is 5.56 Å². The van der Waals surface area contributed by atoms with Crippen molar-refractivity contribution in [2.24, 2.45) is 0 Å². The summed E-state index contributed by atoms with van der Waals surface area (Å²) in [5.74, 6) is -1.30. The predicted octanol–water partition coefficient (Wildman–Crippen LogP) is 2.65. The Morgan fingerprint density at radius 3 is 2.37 bits per heavy atom. The van der Waals surface area contributed by atoms with Crippen LogP contribution < -0.4 is 0 Å². The van der Waals surface area contributed by atoms with Crippen molar-refractivity contribution in [2.45, 2.75) is 31.2 Å². The number of nitrogens with zero attached hydrogens (tertiary/aromatic N) is 1. The quantitative estimate of drug-likeness (QED) is 0.862. The molecule has 5 heteroatoms. The fraction of sp³-hybridized carbons (Fsp3) is 0.429. The van der Waals surface area contributed by atoms with E-state index in [1.807, 2.05) is 25.3 Å². The Hall–Kier alpha value is -1.49. The SMILES string of the molecule is CSc1ccc(C)c(C(=O)N(C)C(C)(C)C(=O)O)c1. The normalized spacial score (nSPS) is 11.2. The maximum Gasteiger partial charge on any atom is 0.329 e. The van der Waals surface area contributed by atoms with Gasteiger partial charge in [0.2, 0.25) is 0 Å². The molecule has 0 unspecified atom stereocenters. The van der Waals surface area contributed by atoms with Crippen molar-refractivity contribution in [3.8, 4) is 0 Å². The Morgan fingerprint density at radius 2 is 1.89 bits per heavy atom. The molecule has 1 aromatic carbocycles. The second-order valence-electron chi connectivity index (χ2n) is 4.91. The number of carbonyl (C=O) groups excluding carboxylic acids is 1. The summed E-state index contributed by atoms with van der Waals surface area (Å²) in [5.41, 5.74) is 0.151. The van der Waals surface area contributed by atoms with Gasteiger partial charge < -0.3 is 10.0 Å². The molecule has 0 heterocycles. The minimum Gasteiger partial charge on any atom is -0.480 e. The van der Waals surface area contributed by atoms with Crippen LogP contribution in [0.3, 0.4) is 0 Å². The second-order valence-corrected chi connectivity index (χ2v) is 5.79. The van der Waals surface area contributed by atoms with Crippen LogP contribution in [0.5, 0.6) is 0 Å². The van der Waals surface area contributed by atoms with Gasteiger partial charge in [-0.1, -0.05) is 6.07 Å². The van der Waals surface area contributed by atoms with E-state index in [0.717, 1.165) is 10.5 Å². The Morgan fingerprint density at radius 1 is 1.32 bits per heavy atom. The van der Waals surface area contributed by atoms with Gasteiger partial charge in [-0.2, -0.15) is 0 Å². The number of carbonyl (C=O) groups is 2. The average molecular weight is 281 g/mol. The van der Waals surface area contributed by atoms with Gasteiger partial charge in [-0.05, 0) is 44.7 Å². The van der Waals surface area contributed by atoms with E-state index < -0.39 is 11.5 Å². The van der Waals surface area contributed by atoms with Gasteiger partial charge in [0.25, 0.3) is 5.91 Å². The molecular weight excluding hydrogens is 262 g/mol. The summed E-state index contributed by atoms with van der Waals surface area (Å²) < 4.78 is 0. The maximum absolute atomic E-state index is 12.4. The molecule has 0 saturated carbocycles. The van der Waals surface area contributed by atoms with Crippen LogP contribution >= 0.6 is 11.8 Å². The van der Waals surface area contributed by atoms with E-state index in [-0.39, 0.29) is 5.91 Å². The summed E-state index contributed by atoms with van der Waals surface area (Å²) in [6.45, 7) is 4.88. The predicted molar refractivity (Wildman–Crippen MR) is 76.8 cm³/mol. The Bertz CT molecular complexity index is 511. The first kappa shape index (κ1) is 15.6. The van der Waals surface area contributed by atoms with Gasteiger partial charge in [-0.3, -0.25) is 4.79 Å². The first-order valence-electron chi connectivity index (χ1n) is 5.88. The van der Waals surface area contributed by atoms with Crippen LogP contribution in [0.15, 0.2) is 23.1 Å². The second kappa shape index (κ2) is 5.65. The molecular formula is C14H19NO3S. The zero-order valence-electron chi connectivity index (χ0n) is 11.9. The van der Waals surface area contributed by atoms with Crippen molar-refractivity contribution in [1.29, 1.82) is 0 Å². The minimum absolute atomic E-state index is 0.277. The smallest absolute Gasteiger partial charge is 0.329 e. The highest BCUT2D eigenvalue weighted by molar-refractivity contribution is 7.98. The summed E-state index contributed by atoms with van der Waals surface area (Å²) in [6.07, 6.45) is 1.93. The molecule has 0 aliphatic carbocycles. The number of aliphatic carboxylic acids is 1. The number of rotatable bonds is 4. The number of aryl methyl sites for hydroxylation is 1. The van der Waals surface area contributed by atoms with Gasteiger partial charge in [0.05, 0.1) is 0 Å². The van der Waals surface area contributed by atoms with Crippen LogP contribution in [0, 0.1) is 6.92 Å². The van der Waals surface area contributed by atoms with Crippen molar-refractivity contribution >= 4 is 23.6 Å². The first-order chi connectivity index (χ1) is 8.71. The first-order valence-corrected chi connectivity index (χ1v) is 7.10. The summed E-state index contributed by atoms with van der Waals surface area (Å²) in [7, 11) is 1.52. The molecule has 0 saturated heterocycles. The maximum atomic E-state index is 12.4. The molecule has 1 amide bonds. The zero-order valence-corrected chi connectivity index (χ0v) is 12.7. The Kier molecular flexibility index (Phi) is 4.63. The number of carboxylic acids is 1. The lowest BCUT2D eigenvalue weighted by molar-refractivity contribution is -0.147. The molecule has 0 fully saturated rings. The van der Waals surface area contributed by atoms with E-state index >= 15 is 0 Å². The fourth-order valence-electron chi connectivity index (χ4n) is 1.54. The van der Waals surface area contributed by atoms with Gasteiger partial charge in [0.15, 0.2) is 0 Å². The number of benzene rings is 1. The van der Waals surface area contributed by atoms with Crippen LogP contribution in [0.1, 0.15) is 29.8 Å². The lowest BCUT2D eigenvalue weighted by atomic mass is 10.0. The largest absolute Gasteiger partial charge is 0.480 e. The van der Waals surface area contributed by atoms with Crippen LogP contribution in [0.4, 0.5) is 0 Å². The summed E-state index contributed by atoms with van der Waals surface area (Å²) >= 11 is 1.55. The average Bonchev–Trinajstić information content (AvgIpc) is 2.37. The minimum atomic E-state index is -1.24. The lowest BCUT2D eigenvalue weighted by Crippen LogP contribution is -2.50. The van der Waals surface area contributed by atoms with Gasteiger partial charge in [0.1, 0.15) is 5.54 Å². The van der Waals surface area contributed by atoms with Crippen LogP contribution in [0.2, 0.25) is 0 Å². The molecule has 4 nitrogen and oxygen atoms in total. The van der Waals surface area contributed by atoms with Crippen molar-refractivity contribution in [3.63, 3.8) is 0 Å². The number of amides is 1. The van der Waals surface area contributed by atoms with Crippen LogP contribution in [-0.2, 0) is 4.79 Å². The topological polar surface area (TPSA) is 57.6 Å². The number of hydrogen-bond acceptors (Lipinski definition) is 3. The van der Waals surface area contributed by atoms with E-state index in [1.54, 1.807) is 17.8 Å². The van der Waals surface area contributed by atoms with E-state index in [2.05, 4.69) is 0 Å². The highest BCUT2D eigenvalue weighted by Gasteiger charge is 2.35. The molecule has 0 aliphatic heterocycles. The third-order valence-corrected chi connectivity index (χ3v) is 4.07.